The Morgan fingerprint density at radius 3 is 2.79 bits per heavy atom. The Labute approximate surface area is 86.8 Å². The second kappa shape index (κ2) is 5.10. The van der Waals surface area contributed by atoms with Crippen LogP contribution < -0.4 is 5.32 Å². The molecule has 0 bridgehead atoms. The van der Waals surface area contributed by atoms with Crippen molar-refractivity contribution >= 4 is 0 Å². The van der Waals surface area contributed by atoms with Crippen molar-refractivity contribution < 1.29 is 9.84 Å². The van der Waals surface area contributed by atoms with Crippen LogP contribution in [0.1, 0.15) is 33.1 Å². The molecule has 1 fully saturated rings. The molecule has 2 unspecified atom stereocenters. The SMILES string of the molecule is COC(C)(C)CCC1CNCCC1O. The molecule has 84 valence electrons. The summed E-state index contributed by atoms with van der Waals surface area (Å²) in [6.07, 6.45) is 2.81. The van der Waals surface area contributed by atoms with E-state index in [1.54, 1.807) is 7.11 Å². The van der Waals surface area contributed by atoms with E-state index in [2.05, 4.69) is 19.2 Å². The van der Waals surface area contributed by atoms with Crippen LogP contribution in [0.2, 0.25) is 0 Å². The summed E-state index contributed by atoms with van der Waals surface area (Å²) in [5.41, 5.74) is -0.0584. The first-order valence-corrected chi connectivity index (χ1v) is 5.49. The van der Waals surface area contributed by atoms with Crippen LogP contribution in [0.5, 0.6) is 0 Å². The minimum absolute atomic E-state index is 0.0584. The zero-order valence-corrected chi connectivity index (χ0v) is 9.55. The Hall–Kier alpha value is -0.120. The molecular formula is C11H23NO2. The van der Waals surface area contributed by atoms with Gasteiger partial charge in [-0.15, -0.1) is 0 Å². The van der Waals surface area contributed by atoms with Gasteiger partial charge in [0.2, 0.25) is 0 Å². The van der Waals surface area contributed by atoms with E-state index in [1.807, 2.05) is 0 Å². The fourth-order valence-electron chi connectivity index (χ4n) is 1.84. The van der Waals surface area contributed by atoms with Crippen LogP contribution in [0.15, 0.2) is 0 Å². The van der Waals surface area contributed by atoms with E-state index >= 15 is 0 Å². The van der Waals surface area contributed by atoms with E-state index in [1.165, 1.54) is 0 Å². The minimum atomic E-state index is -0.121. The number of aliphatic hydroxyl groups excluding tert-OH is 1. The van der Waals surface area contributed by atoms with Crippen molar-refractivity contribution in [2.75, 3.05) is 20.2 Å². The Morgan fingerprint density at radius 1 is 1.50 bits per heavy atom. The van der Waals surface area contributed by atoms with Crippen molar-refractivity contribution in [3.05, 3.63) is 0 Å². The molecule has 0 radical (unpaired) electrons. The Bertz CT molecular complexity index is 171. The fourth-order valence-corrected chi connectivity index (χ4v) is 1.84. The molecule has 14 heavy (non-hydrogen) atoms. The normalized spacial score (nSPS) is 29.1. The zero-order chi connectivity index (χ0) is 10.6. The third-order valence-corrected chi connectivity index (χ3v) is 3.24. The van der Waals surface area contributed by atoms with Crippen molar-refractivity contribution in [1.29, 1.82) is 0 Å². The average molecular weight is 201 g/mol. The topological polar surface area (TPSA) is 41.5 Å². The van der Waals surface area contributed by atoms with Gasteiger partial charge in [0.25, 0.3) is 0 Å². The number of rotatable bonds is 4. The predicted molar refractivity (Wildman–Crippen MR) is 57.3 cm³/mol. The highest BCUT2D eigenvalue weighted by molar-refractivity contribution is 4.80. The molecule has 1 aliphatic heterocycles. The van der Waals surface area contributed by atoms with Gasteiger partial charge in [-0.25, -0.2) is 0 Å². The van der Waals surface area contributed by atoms with Crippen molar-refractivity contribution in [3.63, 3.8) is 0 Å². The summed E-state index contributed by atoms with van der Waals surface area (Å²) in [5, 5.41) is 13.1. The summed E-state index contributed by atoms with van der Waals surface area (Å²) in [5.74, 6) is 0.401. The molecule has 0 amide bonds. The highest BCUT2D eigenvalue weighted by Crippen LogP contribution is 2.23. The minimum Gasteiger partial charge on any atom is -0.393 e. The largest absolute Gasteiger partial charge is 0.393 e. The lowest BCUT2D eigenvalue weighted by Gasteiger charge is -2.31. The second-order valence-corrected chi connectivity index (χ2v) is 4.82. The number of hydrogen-bond donors (Lipinski definition) is 2. The molecule has 2 N–H and O–H groups in total. The van der Waals surface area contributed by atoms with E-state index in [4.69, 9.17) is 4.74 Å². The first-order chi connectivity index (χ1) is 6.55. The fraction of sp³-hybridized carbons (Fsp3) is 1.00. The van der Waals surface area contributed by atoms with Crippen LogP contribution in [0.25, 0.3) is 0 Å². The first-order valence-electron chi connectivity index (χ1n) is 5.49. The van der Waals surface area contributed by atoms with Gasteiger partial charge in [0.1, 0.15) is 0 Å². The molecule has 3 heteroatoms. The third kappa shape index (κ3) is 3.56. The van der Waals surface area contributed by atoms with Crippen molar-refractivity contribution in [3.8, 4) is 0 Å². The summed E-state index contributed by atoms with van der Waals surface area (Å²) < 4.78 is 5.36. The van der Waals surface area contributed by atoms with E-state index in [-0.39, 0.29) is 11.7 Å². The number of aliphatic hydroxyl groups is 1. The van der Waals surface area contributed by atoms with Crippen LogP contribution in [0, 0.1) is 5.92 Å². The lowest BCUT2D eigenvalue weighted by molar-refractivity contribution is -0.00104. The van der Waals surface area contributed by atoms with Crippen LogP contribution >= 0.6 is 0 Å². The summed E-state index contributed by atoms with van der Waals surface area (Å²) in [6.45, 7) is 6.08. The Balaban J connectivity index is 2.29. The van der Waals surface area contributed by atoms with Gasteiger partial charge in [0.05, 0.1) is 11.7 Å². The standard InChI is InChI=1S/C11H23NO2/c1-11(2,14-3)6-4-9-8-12-7-5-10(9)13/h9-10,12-13H,4-8H2,1-3H3. The number of ether oxygens (including phenoxy) is 1. The van der Waals surface area contributed by atoms with Crippen molar-refractivity contribution in [2.24, 2.45) is 5.92 Å². The smallest absolute Gasteiger partial charge is 0.0622 e. The van der Waals surface area contributed by atoms with Crippen LogP contribution in [-0.2, 0) is 4.74 Å². The number of methoxy groups -OCH3 is 1. The van der Waals surface area contributed by atoms with Gasteiger partial charge in [-0.3, -0.25) is 0 Å². The van der Waals surface area contributed by atoms with E-state index in [0.717, 1.165) is 32.4 Å². The molecule has 2 atom stereocenters. The van der Waals surface area contributed by atoms with Gasteiger partial charge >= 0.3 is 0 Å². The summed E-state index contributed by atoms with van der Waals surface area (Å²) in [4.78, 5) is 0. The molecule has 1 aliphatic rings. The molecule has 0 saturated carbocycles. The zero-order valence-electron chi connectivity index (χ0n) is 9.55. The van der Waals surface area contributed by atoms with E-state index < -0.39 is 0 Å². The van der Waals surface area contributed by atoms with E-state index in [0.29, 0.717) is 5.92 Å². The number of hydrogen-bond acceptors (Lipinski definition) is 3. The maximum Gasteiger partial charge on any atom is 0.0622 e. The van der Waals surface area contributed by atoms with Crippen LogP contribution in [0.3, 0.4) is 0 Å². The third-order valence-electron chi connectivity index (χ3n) is 3.24. The predicted octanol–water partition coefficient (Wildman–Crippen LogP) is 1.16. The molecular weight excluding hydrogens is 178 g/mol. The molecule has 0 aliphatic carbocycles. The molecule has 0 aromatic carbocycles. The molecule has 1 heterocycles. The average Bonchev–Trinajstić information content (AvgIpc) is 2.17. The lowest BCUT2D eigenvalue weighted by Crippen LogP contribution is -2.40. The molecule has 1 saturated heterocycles. The summed E-state index contributed by atoms with van der Waals surface area (Å²) in [7, 11) is 1.75. The van der Waals surface area contributed by atoms with Gasteiger partial charge in [-0.05, 0) is 45.6 Å². The monoisotopic (exact) mass is 201 g/mol. The van der Waals surface area contributed by atoms with Crippen molar-refractivity contribution in [2.45, 2.75) is 44.8 Å². The maximum atomic E-state index is 9.76. The second-order valence-electron chi connectivity index (χ2n) is 4.82. The van der Waals surface area contributed by atoms with Gasteiger partial charge in [0.15, 0.2) is 0 Å². The highest BCUT2D eigenvalue weighted by atomic mass is 16.5. The van der Waals surface area contributed by atoms with Gasteiger partial charge in [0, 0.05) is 13.7 Å². The van der Waals surface area contributed by atoms with Gasteiger partial charge in [-0.2, -0.15) is 0 Å². The highest BCUT2D eigenvalue weighted by Gasteiger charge is 2.25. The number of nitrogens with one attached hydrogen (secondary N) is 1. The quantitative estimate of drug-likeness (QED) is 0.717. The molecule has 3 nitrogen and oxygen atoms in total. The number of piperidine rings is 1. The molecule has 1 rings (SSSR count). The molecule has 0 aromatic rings. The molecule has 0 spiro atoms. The van der Waals surface area contributed by atoms with Gasteiger partial charge in [-0.1, -0.05) is 0 Å². The van der Waals surface area contributed by atoms with Crippen LogP contribution in [-0.4, -0.2) is 37.0 Å². The Kier molecular flexibility index (Phi) is 4.35. The summed E-state index contributed by atoms with van der Waals surface area (Å²) >= 11 is 0. The lowest BCUT2D eigenvalue weighted by atomic mass is 9.88. The maximum absolute atomic E-state index is 9.76. The first kappa shape index (κ1) is 12.0. The Morgan fingerprint density at radius 2 is 2.21 bits per heavy atom. The van der Waals surface area contributed by atoms with E-state index in [9.17, 15) is 5.11 Å². The summed E-state index contributed by atoms with van der Waals surface area (Å²) in [6, 6.07) is 0. The van der Waals surface area contributed by atoms with Crippen molar-refractivity contribution in [1.82, 2.24) is 5.32 Å². The molecule has 0 aromatic heterocycles. The van der Waals surface area contributed by atoms with Crippen LogP contribution in [0.4, 0.5) is 0 Å². The van der Waals surface area contributed by atoms with Gasteiger partial charge < -0.3 is 15.2 Å².